The third-order valence-electron chi connectivity index (χ3n) is 6.87. The molecule has 0 fully saturated rings. The largest absolute Gasteiger partial charge is 0.357 e. The molecule has 1 unspecified atom stereocenters. The van der Waals surface area contributed by atoms with Gasteiger partial charge >= 0.3 is 0 Å². The minimum absolute atomic E-state index is 0.466. The van der Waals surface area contributed by atoms with E-state index in [1.165, 1.54) is 5.56 Å². The number of aromatic nitrogens is 2. The Morgan fingerprint density at radius 1 is 0.816 bits per heavy atom. The Bertz CT molecular complexity index is 1730. The number of benzene rings is 4. The van der Waals surface area contributed by atoms with Gasteiger partial charge < -0.3 is 5.32 Å². The zero-order chi connectivity index (χ0) is 26.0. The fourth-order valence-electron chi connectivity index (χ4n) is 5.01. The zero-order valence-electron chi connectivity index (χ0n) is 21.0. The third kappa shape index (κ3) is 4.12. The van der Waals surface area contributed by atoms with Crippen LogP contribution in [0, 0.1) is 18.3 Å². The lowest BCUT2D eigenvalue weighted by Gasteiger charge is -2.33. The second kappa shape index (κ2) is 9.76. The van der Waals surface area contributed by atoms with Crippen molar-refractivity contribution in [3.8, 4) is 17.3 Å². The molecule has 0 radical (unpaired) electrons. The van der Waals surface area contributed by atoms with Gasteiger partial charge in [0, 0.05) is 29.5 Å². The van der Waals surface area contributed by atoms with Gasteiger partial charge in [-0.05, 0) is 29.3 Å². The molecule has 1 N–H and O–H groups in total. The molecule has 5 nitrogen and oxygen atoms in total. The Morgan fingerprint density at radius 2 is 1.53 bits per heavy atom. The van der Waals surface area contributed by atoms with Crippen molar-refractivity contribution in [1.82, 2.24) is 15.3 Å². The zero-order valence-corrected chi connectivity index (χ0v) is 21.0. The van der Waals surface area contributed by atoms with Gasteiger partial charge in [0.1, 0.15) is 6.07 Å². The number of nitrogens with one attached hydrogen (secondary N) is 1. The van der Waals surface area contributed by atoms with Crippen LogP contribution in [-0.4, -0.2) is 15.7 Å². The topological polar surface area (TPSA) is 74.0 Å². The first kappa shape index (κ1) is 23.3. The lowest BCUT2D eigenvalue weighted by molar-refractivity contribution is 0.446. The SMILES string of the molecule is Cc1nc(C2(c3ccccc3)N=C(Cc3ccccc3)C=CN2)nc(-c2cccc3ccccc23)c1C#N. The molecule has 1 aromatic heterocycles. The van der Waals surface area contributed by atoms with Gasteiger partial charge in [0.15, 0.2) is 5.82 Å². The van der Waals surface area contributed by atoms with E-state index in [0.29, 0.717) is 29.2 Å². The molecule has 0 amide bonds. The fourth-order valence-corrected chi connectivity index (χ4v) is 5.01. The first-order valence-corrected chi connectivity index (χ1v) is 12.6. The maximum Gasteiger partial charge on any atom is 0.216 e. The highest BCUT2D eigenvalue weighted by molar-refractivity contribution is 5.98. The number of fused-ring (bicyclic) bond motifs is 1. The Kier molecular flexibility index (Phi) is 5.99. The molecule has 0 bridgehead atoms. The molecular weight excluding hydrogens is 466 g/mol. The predicted molar refractivity (Wildman–Crippen MR) is 152 cm³/mol. The molecule has 0 saturated carbocycles. The molecule has 1 aliphatic heterocycles. The van der Waals surface area contributed by atoms with Crippen LogP contribution in [0.4, 0.5) is 0 Å². The Labute approximate surface area is 221 Å². The molecule has 5 heteroatoms. The molecule has 1 atom stereocenters. The van der Waals surface area contributed by atoms with Crippen molar-refractivity contribution in [1.29, 1.82) is 5.26 Å². The van der Waals surface area contributed by atoms with E-state index in [2.05, 4.69) is 41.7 Å². The third-order valence-corrected chi connectivity index (χ3v) is 6.87. The number of aryl methyl sites for hydroxylation is 1. The van der Waals surface area contributed by atoms with Gasteiger partial charge in [0.25, 0.3) is 0 Å². The summed E-state index contributed by atoms with van der Waals surface area (Å²) >= 11 is 0. The van der Waals surface area contributed by atoms with Crippen molar-refractivity contribution in [2.75, 3.05) is 0 Å². The molecule has 2 heterocycles. The number of nitriles is 1. The molecule has 1 aliphatic rings. The molecular formula is C33H25N5. The van der Waals surface area contributed by atoms with Crippen LogP contribution in [0.5, 0.6) is 0 Å². The highest BCUT2D eigenvalue weighted by Gasteiger charge is 2.39. The van der Waals surface area contributed by atoms with Crippen LogP contribution < -0.4 is 5.32 Å². The summed E-state index contributed by atoms with van der Waals surface area (Å²) in [6, 6.07) is 36.9. The summed E-state index contributed by atoms with van der Waals surface area (Å²) < 4.78 is 0. The van der Waals surface area contributed by atoms with E-state index in [1.54, 1.807) is 0 Å². The minimum Gasteiger partial charge on any atom is -0.357 e. The van der Waals surface area contributed by atoms with Crippen LogP contribution in [0.3, 0.4) is 0 Å². The van der Waals surface area contributed by atoms with Gasteiger partial charge in [0.05, 0.1) is 17.0 Å². The van der Waals surface area contributed by atoms with E-state index in [-0.39, 0.29) is 0 Å². The number of aliphatic imine (C=N–C) groups is 1. The summed E-state index contributed by atoms with van der Waals surface area (Å²) in [5.41, 5.74) is 4.55. The lowest BCUT2D eigenvalue weighted by Crippen LogP contribution is -2.43. The first-order chi connectivity index (χ1) is 18.7. The summed E-state index contributed by atoms with van der Waals surface area (Å²) in [4.78, 5) is 15.2. The number of hydrogen-bond acceptors (Lipinski definition) is 5. The molecule has 182 valence electrons. The Hall–Kier alpha value is -5.08. The van der Waals surface area contributed by atoms with Crippen LogP contribution in [0.15, 0.2) is 120 Å². The van der Waals surface area contributed by atoms with Crippen LogP contribution in [0.1, 0.15) is 28.2 Å². The summed E-state index contributed by atoms with van der Waals surface area (Å²) in [7, 11) is 0. The number of hydrogen-bond donors (Lipinski definition) is 1. The highest BCUT2D eigenvalue weighted by Crippen LogP contribution is 2.36. The van der Waals surface area contributed by atoms with E-state index in [1.807, 2.05) is 92.0 Å². The van der Waals surface area contributed by atoms with E-state index in [0.717, 1.165) is 27.6 Å². The summed E-state index contributed by atoms with van der Waals surface area (Å²) in [5, 5.41) is 15.7. The normalized spacial score (nSPS) is 16.5. The van der Waals surface area contributed by atoms with E-state index >= 15 is 0 Å². The van der Waals surface area contributed by atoms with E-state index in [9.17, 15) is 5.26 Å². The van der Waals surface area contributed by atoms with Gasteiger partial charge in [-0.15, -0.1) is 0 Å². The van der Waals surface area contributed by atoms with Crippen molar-refractivity contribution in [3.63, 3.8) is 0 Å². The van der Waals surface area contributed by atoms with Crippen molar-refractivity contribution in [2.24, 2.45) is 4.99 Å². The van der Waals surface area contributed by atoms with E-state index < -0.39 is 5.66 Å². The monoisotopic (exact) mass is 491 g/mol. The summed E-state index contributed by atoms with van der Waals surface area (Å²) in [6.07, 6.45) is 4.60. The number of nitrogens with zero attached hydrogens (tertiary/aromatic N) is 4. The molecule has 5 aromatic rings. The highest BCUT2D eigenvalue weighted by atomic mass is 15.2. The molecule has 0 aliphatic carbocycles. The Balaban J connectivity index is 1.59. The number of allylic oxidation sites excluding steroid dienone is 1. The van der Waals surface area contributed by atoms with Gasteiger partial charge in [-0.25, -0.2) is 15.0 Å². The van der Waals surface area contributed by atoms with Crippen LogP contribution in [0.2, 0.25) is 0 Å². The molecule has 4 aromatic carbocycles. The molecule has 0 saturated heterocycles. The first-order valence-electron chi connectivity index (χ1n) is 12.6. The predicted octanol–water partition coefficient (Wildman–Crippen LogP) is 6.48. The van der Waals surface area contributed by atoms with Crippen LogP contribution in [0.25, 0.3) is 22.0 Å². The quantitative estimate of drug-likeness (QED) is 0.305. The van der Waals surface area contributed by atoms with Crippen molar-refractivity contribution < 1.29 is 0 Å². The van der Waals surface area contributed by atoms with Gasteiger partial charge in [0.2, 0.25) is 5.66 Å². The van der Waals surface area contributed by atoms with Gasteiger partial charge in [-0.2, -0.15) is 5.26 Å². The maximum absolute atomic E-state index is 10.1. The lowest BCUT2D eigenvalue weighted by atomic mass is 9.94. The molecule has 38 heavy (non-hydrogen) atoms. The molecule has 6 rings (SSSR count). The van der Waals surface area contributed by atoms with Gasteiger partial charge in [-0.3, -0.25) is 0 Å². The Morgan fingerprint density at radius 3 is 2.32 bits per heavy atom. The van der Waals surface area contributed by atoms with Crippen molar-refractivity contribution in [3.05, 3.63) is 144 Å². The minimum atomic E-state index is -1.04. The van der Waals surface area contributed by atoms with Crippen molar-refractivity contribution in [2.45, 2.75) is 19.0 Å². The smallest absolute Gasteiger partial charge is 0.216 e. The van der Waals surface area contributed by atoms with E-state index in [4.69, 9.17) is 15.0 Å². The number of rotatable bonds is 5. The maximum atomic E-state index is 10.1. The van der Waals surface area contributed by atoms with Crippen LogP contribution in [-0.2, 0) is 12.1 Å². The standard InChI is InChI=1S/C33H25N5/c1-23-30(22-34)31(29-18-10-14-25-13-8-9-17-28(25)29)37-32(36-23)33(26-15-6-3-7-16-26)35-20-19-27(38-33)21-24-11-4-2-5-12-24/h2-20,35H,21H2,1H3. The fraction of sp³-hybridized carbons (Fsp3) is 0.0909. The summed E-state index contributed by atoms with van der Waals surface area (Å²) in [5.74, 6) is 0.498. The average molecular weight is 492 g/mol. The van der Waals surface area contributed by atoms with Crippen LogP contribution >= 0.6 is 0 Å². The second-order valence-corrected chi connectivity index (χ2v) is 9.31. The second-order valence-electron chi connectivity index (χ2n) is 9.31. The van der Waals surface area contributed by atoms with Gasteiger partial charge in [-0.1, -0.05) is 103 Å². The molecule has 0 spiro atoms. The van der Waals surface area contributed by atoms with Crippen molar-refractivity contribution >= 4 is 16.5 Å². The average Bonchev–Trinajstić information content (AvgIpc) is 2.97. The summed E-state index contributed by atoms with van der Waals surface area (Å²) in [6.45, 7) is 1.87.